The first kappa shape index (κ1) is 12.7. The number of benzene rings is 1. The predicted molar refractivity (Wildman–Crippen MR) is 61.4 cm³/mol. The number of carboxylic acid groups (broad SMARTS) is 1. The zero-order chi connectivity index (χ0) is 12.1. The lowest BCUT2D eigenvalue weighted by molar-refractivity contribution is -0.136. The van der Waals surface area contributed by atoms with Crippen LogP contribution in [0.5, 0.6) is 0 Å². The molecule has 0 aliphatic rings. The summed E-state index contributed by atoms with van der Waals surface area (Å²) in [5.74, 6) is -1.39. The van der Waals surface area contributed by atoms with Gasteiger partial charge in [0.25, 0.3) is 0 Å². The molecule has 1 aromatic carbocycles. The van der Waals surface area contributed by atoms with E-state index >= 15 is 0 Å². The smallest absolute Gasteiger partial charge is 0.339 e. The highest BCUT2D eigenvalue weighted by Crippen LogP contribution is 2.19. The van der Waals surface area contributed by atoms with Gasteiger partial charge in [0.05, 0.1) is 18.6 Å². The van der Waals surface area contributed by atoms with Crippen molar-refractivity contribution in [1.29, 1.82) is 0 Å². The minimum atomic E-state index is -0.933. The molecule has 0 unspecified atom stereocenters. The number of carboxylic acids is 1. The van der Waals surface area contributed by atoms with Crippen LogP contribution in [0.1, 0.15) is 22.8 Å². The van der Waals surface area contributed by atoms with Crippen molar-refractivity contribution in [3.8, 4) is 0 Å². The van der Waals surface area contributed by atoms with E-state index in [1.165, 1.54) is 6.07 Å². The monoisotopic (exact) mass is 286 g/mol. The second kappa shape index (κ2) is 5.65. The predicted octanol–water partition coefficient (Wildman–Crippen LogP) is 2.25. The van der Waals surface area contributed by atoms with Gasteiger partial charge in [0.2, 0.25) is 0 Å². The molecule has 1 aromatic rings. The van der Waals surface area contributed by atoms with Crippen molar-refractivity contribution in [1.82, 2.24) is 0 Å². The van der Waals surface area contributed by atoms with Gasteiger partial charge in [0.1, 0.15) is 0 Å². The van der Waals surface area contributed by atoms with E-state index in [0.717, 1.165) is 0 Å². The quantitative estimate of drug-likeness (QED) is 0.863. The molecule has 0 bridgehead atoms. The van der Waals surface area contributed by atoms with Gasteiger partial charge in [0, 0.05) is 4.47 Å². The van der Waals surface area contributed by atoms with Crippen LogP contribution in [0.3, 0.4) is 0 Å². The van der Waals surface area contributed by atoms with E-state index in [1.54, 1.807) is 19.1 Å². The highest BCUT2D eigenvalue weighted by molar-refractivity contribution is 9.10. The van der Waals surface area contributed by atoms with Crippen molar-refractivity contribution in [2.75, 3.05) is 6.61 Å². The van der Waals surface area contributed by atoms with E-state index in [-0.39, 0.29) is 13.0 Å². The molecular formula is C11H11BrO4. The van der Waals surface area contributed by atoms with Gasteiger partial charge in [-0.15, -0.1) is 0 Å². The molecule has 0 aromatic heterocycles. The molecule has 0 fully saturated rings. The van der Waals surface area contributed by atoms with Crippen LogP contribution in [0.15, 0.2) is 22.7 Å². The van der Waals surface area contributed by atoms with Crippen molar-refractivity contribution in [3.05, 3.63) is 33.8 Å². The van der Waals surface area contributed by atoms with Crippen molar-refractivity contribution in [2.45, 2.75) is 13.3 Å². The molecule has 0 amide bonds. The molecule has 16 heavy (non-hydrogen) atoms. The molecule has 0 aliphatic carbocycles. The standard InChI is InChI=1S/C11H11BrO4/c1-2-16-11(15)8-5-7(6-10(13)14)3-4-9(8)12/h3-5H,2,6H2,1H3,(H,13,14). The summed E-state index contributed by atoms with van der Waals surface area (Å²) in [4.78, 5) is 22.0. The van der Waals surface area contributed by atoms with Crippen molar-refractivity contribution >= 4 is 27.9 Å². The van der Waals surface area contributed by atoms with Crippen LogP contribution < -0.4 is 0 Å². The number of hydrogen-bond acceptors (Lipinski definition) is 3. The molecule has 0 spiro atoms. The van der Waals surface area contributed by atoms with Crippen LogP contribution in [0.25, 0.3) is 0 Å². The maximum atomic E-state index is 11.5. The SMILES string of the molecule is CCOC(=O)c1cc(CC(=O)O)ccc1Br. The van der Waals surface area contributed by atoms with Crippen LogP contribution in [0.4, 0.5) is 0 Å². The molecule has 86 valence electrons. The van der Waals surface area contributed by atoms with Gasteiger partial charge in [-0.3, -0.25) is 4.79 Å². The number of carbonyl (C=O) groups excluding carboxylic acids is 1. The summed E-state index contributed by atoms with van der Waals surface area (Å²) >= 11 is 3.22. The molecule has 0 aliphatic heterocycles. The number of hydrogen-bond donors (Lipinski definition) is 1. The highest BCUT2D eigenvalue weighted by Gasteiger charge is 2.12. The molecule has 0 saturated heterocycles. The first-order valence-electron chi connectivity index (χ1n) is 4.72. The third kappa shape index (κ3) is 3.34. The number of aliphatic carboxylic acids is 1. The lowest BCUT2D eigenvalue weighted by Crippen LogP contribution is -2.07. The number of ether oxygens (including phenoxy) is 1. The Labute approximate surface area is 101 Å². The molecule has 1 rings (SSSR count). The fourth-order valence-electron chi connectivity index (χ4n) is 1.22. The summed E-state index contributed by atoms with van der Waals surface area (Å²) in [5, 5.41) is 8.64. The van der Waals surface area contributed by atoms with Gasteiger partial charge in [-0.25, -0.2) is 4.79 Å². The third-order valence-electron chi connectivity index (χ3n) is 1.88. The molecule has 4 nitrogen and oxygen atoms in total. The summed E-state index contributed by atoms with van der Waals surface area (Å²) in [6.07, 6.45) is -0.111. The summed E-state index contributed by atoms with van der Waals surface area (Å²) in [7, 11) is 0. The van der Waals surface area contributed by atoms with E-state index in [0.29, 0.717) is 15.6 Å². The molecule has 1 N–H and O–H groups in total. The maximum absolute atomic E-state index is 11.5. The zero-order valence-electron chi connectivity index (χ0n) is 8.70. The van der Waals surface area contributed by atoms with Crippen LogP contribution in [-0.2, 0) is 16.0 Å². The Bertz CT molecular complexity index is 414. The lowest BCUT2D eigenvalue weighted by Gasteiger charge is -2.06. The minimum Gasteiger partial charge on any atom is -0.481 e. The average Bonchev–Trinajstić information content (AvgIpc) is 2.20. The first-order chi connectivity index (χ1) is 7.54. The second-order valence-electron chi connectivity index (χ2n) is 3.11. The third-order valence-corrected chi connectivity index (χ3v) is 2.57. The van der Waals surface area contributed by atoms with E-state index in [9.17, 15) is 9.59 Å². The van der Waals surface area contributed by atoms with Gasteiger partial charge in [-0.05, 0) is 40.5 Å². The largest absolute Gasteiger partial charge is 0.481 e. The lowest BCUT2D eigenvalue weighted by atomic mass is 10.1. The molecule has 0 saturated carbocycles. The zero-order valence-corrected chi connectivity index (χ0v) is 10.3. The van der Waals surface area contributed by atoms with Crippen molar-refractivity contribution in [3.63, 3.8) is 0 Å². The van der Waals surface area contributed by atoms with Crippen LogP contribution in [0.2, 0.25) is 0 Å². The number of esters is 1. The summed E-state index contributed by atoms with van der Waals surface area (Å²) in [6.45, 7) is 2.00. The fourth-order valence-corrected chi connectivity index (χ4v) is 1.63. The van der Waals surface area contributed by atoms with E-state index in [1.807, 2.05) is 0 Å². The van der Waals surface area contributed by atoms with Gasteiger partial charge < -0.3 is 9.84 Å². The summed E-state index contributed by atoms with van der Waals surface area (Å²) < 4.78 is 5.45. The Morgan fingerprint density at radius 1 is 1.44 bits per heavy atom. The second-order valence-corrected chi connectivity index (χ2v) is 3.96. The maximum Gasteiger partial charge on any atom is 0.339 e. The summed E-state index contributed by atoms with van der Waals surface area (Å²) in [5.41, 5.74) is 0.916. The Morgan fingerprint density at radius 3 is 2.69 bits per heavy atom. The van der Waals surface area contributed by atoms with Crippen molar-refractivity contribution < 1.29 is 19.4 Å². The van der Waals surface area contributed by atoms with E-state index < -0.39 is 11.9 Å². The Morgan fingerprint density at radius 2 is 2.12 bits per heavy atom. The first-order valence-corrected chi connectivity index (χ1v) is 5.51. The Hall–Kier alpha value is -1.36. The normalized spacial score (nSPS) is 9.88. The minimum absolute atomic E-state index is 0.111. The number of rotatable bonds is 4. The Kier molecular flexibility index (Phi) is 4.49. The Balaban J connectivity index is 2.98. The van der Waals surface area contributed by atoms with E-state index in [4.69, 9.17) is 9.84 Å². The number of carbonyl (C=O) groups is 2. The van der Waals surface area contributed by atoms with Crippen LogP contribution in [0, 0.1) is 0 Å². The number of halogens is 1. The van der Waals surface area contributed by atoms with Gasteiger partial charge in [-0.2, -0.15) is 0 Å². The molecule has 0 atom stereocenters. The van der Waals surface area contributed by atoms with Gasteiger partial charge in [-0.1, -0.05) is 6.07 Å². The van der Waals surface area contributed by atoms with E-state index in [2.05, 4.69) is 15.9 Å². The van der Waals surface area contributed by atoms with Gasteiger partial charge >= 0.3 is 11.9 Å². The van der Waals surface area contributed by atoms with Crippen LogP contribution >= 0.6 is 15.9 Å². The molecule has 5 heteroatoms. The van der Waals surface area contributed by atoms with Crippen molar-refractivity contribution in [2.24, 2.45) is 0 Å². The molecule has 0 heterocycles. The topological polar surface area (TPSA) is 63.6 Å². The van der Waals surface area contributed by atoms with Gasteiger partial charge in [0.15, 0.2) is 0 Å². The average molecular weight is 287 g/mol. The van der Waals surface area contributed by atoms with Crippen LogP contribution in [-0.4, -0.2) is 23.7 Å². The highest BCUT2D eigenvalue weighted by atomic mass is 79.9. The molecule has 0 radical (unpaired) electrons. The molecular weight excluding hydrogens is 276 g/mol. The summed E-state index contributed by atoms with van der Waals surface area (Å²) in [6, 6.07) is 4.82. The fraction of sp³-hybridized carbons (Fsp3) is 0.273.